The van der Waals surface area contributed by atoms with Gasteiger partial charge in [-0.15, -0.1) is 0 Å². The van der Waals surface area contributed by atoms with E-state index in [0.29, 0.717) is 5.95 Å². The number of benzene rings is 1. The third-order valence-corrected chi connectivity index (χ3v) is 4.05. The largest absolute Gasteiger partial charge is 0.354 e. The SMILES string of the molecule is CCCCNc1nc(Nc2cc(C)ccc2C)c2cnn(C)c2n1. The van der Waals surface area contributed by atoms with Gasteiger partial charge in [-0.05, 0) is 37.5 Å². The van der Waals surface area contributed by atoms with Crippen LogP contribution in [0.4, 0.5) is 17.5 Å². The molecule has 0 aliphatic carbocycles. The Balaban J connectivity index is 2.00. The molecule has 0 saturated carbocycles. The number of hydrogen-bond acceptors (Lipinski definition) is 5. The number of fused-ring (bicyclic) bond motifs is 1. The molecule has 3 rings (SSSR count). The number of nitrogens with zero attached hydrogens (tertiary/aromatic N) is 4. The molecule has 24 heavy (non-hydrogen) atoms. The summed E-state index contributed by atoms with van der Waals surface area (Å²) in [6.45, 7) is 7.20. The fraction of sp³-hybridized carbons (Fsp3) is 0.389. The van der Waals surface area contributed by atoms with Crippen molar-refractivity contribution in [1.82, 2.24) is 19.7 Å². The van der Waals surface area contributed by atoms with Crippen molar-refractivity contribution in [3.63, 3.8) is 0 Å². The van der Waals surface area contributed by atoms with Crippen LogP contribution in [-0.4, -0.2) is 26.3 Å². The van der Waals surface area contributed by atoms with Gasteiger partial charge in [0.1, 0.15) is 5.82 Å². The second-order valence-electron chi connectivity index (χ2n) is 6.12. The normalized spacial score (nSPS) is 11.0. The first-order valence-corrected chi connectivity index (χ1v) is 8.36. The van der Waals surface area contributed by atoms with Gasteiger partial charge in [0.25, 0.3) is 0 Å². The van der Waals surface area contributed by atoms with Crippen molar-refractivity contribution >= 4 is 28.5 Å². The Labute approximate surface area is 142 Å². The molecule has 0 unspecified atom stereocenters. The Kier molecular flexibility index (Phi) is 4.64. The summed E-state index contributed by atoms with van der Waals surface area (Å²) >= 11 is 0. The van der Waals surface area contributed by atoms with Crippen LogP contribution in [0.15, 0.2) is 24.4 Å². The van der Waals surface area contributed by atoms with E-state index in [9.17, 15) is 0 Å². The van der Waals surface area contributed by atoms with E-state index in [2.05, 4.69) is 64.7 Å². The molecule has 0 radical (unpaired) electrons. The molecule has 126 valence electrons. The highest BCUT2D eigenvalue weighted by Crippen LogP contribution is 2.27. The minimum atomic E-state index is 0.632. The molecule has 2 N–H and O–H groups in total. The molecule has 2 aromatic heterocycles. The van der Waals surface area contributed by atoms with Gasteiger partial charge < -0.3 is 10.6 Å². The summed E-state index contributed by atoms with van der Waals surface area (Å²) in [4.78, 5) is 9.25. The maximum Gasteiger partial charge on any atom is 0.226 e. The Morgan fingerprint density at radius 2 is 2.00 bits per heavy atom. The Bertz CT molecular complexity index is 852. The molecule has 0 spiro atoms. The van der Waals surface area contributed by atoms with Crippen molar-refractivity contribution in [2.45, 2.75) is 33.6 Å². The molecule has 6 nitrogen and oxygen atoms in total. The van der Waals surface area contributed by atoms with Gasteiger partial charge in [0.2, 0.25) is 5.95 Å². The summed E-state index contributed by atoms with van der Waals surface area (Å²) < 4.78 is 1.77. The summed E-state index contributed by atoms with van der Waals surface area (Å²) in [7, 11) is 1.90. The van der Waals surface area contributed by atoms with E-state index in [4.69, 9.17) is 0 Å². The second kappa shape index (κ2) is 6.86. The number of nitrogens with one attached hydrogen (secondary N) is 2. The monoisotopic (exact) mass is 324 g/mol. The van der Waals surface area contributed by atoms with Gasteiger partial charge in [-0.1, -0.05) is 25.5 Å². The first kappa shape index (κ1) is 16.2. The predicted octanol–water partition coefficient (Wildman–Crippen LogP) is 3.94. The molecule has 2 heterocycles. The molecule has 0 fully saturated rings. The smallest absolute Gasteiger partial charge is 0.226 e. The highest BCUT2D eigenvalue weighted by atomic mass is 15.3. The van der Waals surface area contributed by atoms with Crippen LogP contribution in [0.3, 0.4) is 0 Å². The number of hydrogen-bond donors (Lipinski definition) is 2. The van der Waals surface area contributed by atoms with E-state index >= 15 is 0 Å². The summed E-state index contributed by atoms with van der Waals surface area (Å²) in [6.07, 6.45) is 4.03. The molecule has 0 aliphatic rings. The zero-order valence-corrected chi connectivity index (χ0v) is 14.7. The number of aromatic nitrogens is 4. The van der Waals surface area contributed by atoms with Crippen LogP contribution >= 0.6 is 0 Å². The van der Waals surface area contributed by atoms with Crippen LogP contribution in [0.2, 0.25) is 0 Å². The minimum Gasteiger partial charge on any atom is -0.354 e. The molecule has 3 aromatic rings. The van der Waals surface area contributed by atoms with Crippen LogP contribution < -0.4 is 10.6 Å². The summed E-state index contributed by atoms with van der Waals surface area (Å²) in [6, 6.07) is 6.35. The van der Waals surface area contributed by atoms with Crippen LogP contribution in [0.1, 0.15) is 30.9 Å². The molecule has 0 atom stereocenters. The average molecular weight is 324 g/mol. The topological polar surface area (TPSA) is 67.7 Å². The standard InChI is InChI=1S/C18H24N6/c1-5-6-9-19-18-22-16(14-11-20-24(4)17(14)23-18)21-15-10-12(2)7-8-13(15)3/h7-8,10-11H,5-6,9H2,1-4H3,(H2,19,21,22,23). The van der Waals surface area contributed by atoms with Crippen molar-refractivity contribution in [2.75, 3.05) is 17.2 Å². The fourth-order valence-electron chi connectivity index (χ4n) is 2.57. The van der Waals surface area contributed by atoms with Gasteiger partial charge in [-0.2, -0.15) is 15.1 Å². The summed E-state index contributed by atoms with van der Waals surface area (Å²) in [5.74, 6) is 1.41. The van der Waals surface area contributed by atoms with Gasteiger partial charge in [-0.3, -0.25) is 4.68 Å². The third kappa shape index (κ3) is 3.32. The summed E-state index contributed by atoms with van der Waals surface area (Å²) in [5, 5.41) is 12.0. The van der Waals surface area contributed by atoms with Gasteiger partial charge in [0, 0.05) is 19.3 Å². The molecule has 6 heteroatoms. The van der Waals surface area contributed by atoms with E-state index in [1.807, 2.05) is 7.05 Å². The fourth-order valence-corrected chi connectivity index (χ4v) is 2.57. The van der Waals surface area contributed by atoms with Crippen molar-refractivity contribution in [1.29, 1.82) is 0 Å². The molecule has 0 saturated heterocycles. The average Bonchev–Trinajstić information content (AvgIpc) is 2.93. The van der Waals surface area contributed by atoms with Crippen molar-refractivity contribution in [2.24, 2.45) is 7.05 Å². The van der Waals surface area contributed by atoms with Gasteiger partial charge in [-0.25, -0.2) is 0 Å². The Morgan fingerprint density at radius 1 is 1.17 bits per heavy atom. The van der Waals surface area contributed by atoms with E-state index in [0.717, 1.165) is 41.9 Å². The van der Waals surface area contributed by atoms with Crippen LogP contribution in [0, 0.1) is 13.8 Å². The quantitative estimate of drug-likeness (QED) is 0.672. The molecule has 0 bridgehead atoms. The molecule has 1 aromatic carbocycles. The van der Waals surface area contributed by atoms with Crippen LogP contribution in [0.5, 0.6) is 0 Å². The first-order valence-electron chi connectivity index (χ1n) is 8.36. The van der Waals surface area contributed by atoms with E-state index in [1.165, 1.54) is 11.1 Å². The van der Waals surface area contributed by atoms with E-state index in [-0.39, 0.29) is 0 Å². The van der Waals surface area contributed by atoms with Gasteiger partial charge >= 0.3 is 0 Å². The van der Waals surface area contributed by atoms with E-state index in [1.54, 1.807) is 10.9 Å². The van der Waals surface area contributed by atoms with Gasteiger partial charge in [0.15, 0.2) is 5.65 Å². The van der Waals surface area contributed by atoms with Gasteiger partial charge in [0.05, 0.1) is 11.6 Å². The highest BCUT2D eigenvalue weighted by molar-refractivity contribution is 5.89. The lowest BCUT2D eigenvalue weighted by Gasteiger charge is -2.12. The second-order valence-corrected chi connectivity index (χ2v) is 6.12. The molecular weight excluding hydrogens is 300 g/mol. The number of rotatable bonds is 6. The molecule has 0 amide bonds. The highest BCUT2D eigenvalue weighted by Gasteiger charge is 2.12. The lowest BCUT2D eigenvalue weighted by Crippen LogP contribution is -2.08. The maximum atomic E-state index is 4.67. The first-order chi connectivity index (χ1) is 11.6. The number of aryl methyl sites for hydroxylation is 3. The Hall–Kier alpha value is -2.63. The van der Waals surface area contributed by atoms with E-state index < -0.39 is 0 Å². The predicted molar refractivity (Wildman–Crippen MR) is 98.9 cm³/mol. The maximum absolute atomic E-state index is 4.67. The lowest BCUT2D eigenvalue weighted by atomic mass is 10.1. The number of unbranched alkanes of at least 4 members (excludes halogenated alkanes) is 1. The van der Waals surface area contributed by atoms with Crippen LogP contribution in [0.25, 0.3) is 11.0 Å². The minimum absolute atomic E-state index is 0.632. The molecular formula is C18H24N6. The van der Waals surface area contributed by atoms with Crippen LogP contribution in [-0.2, 0) is 7.05 Å². The van der Waals surface area contributed by atoms with Crippen molar-refractivity contribution < 1.29 is 0 Å². The third-order valence-electron chi connectivity index (χ3n) is 4.05. The zero-order valence-electron chi connectivity index (χ0n) is 14.7. The summed E-state index contributed by atoms with van der Waals surface area (Å²) in [5.41, 5.74) is 4.26. The lowest BCUT2D eigenvalue weighted by molar-refractivity contribution is 0.783. The van der Waals surface area contributed by atoms with Crippen molar-refractivity contribution in [3.8, 4) is 0 Å². The number of anilines is 3. The van der Waals surface area contributed by atoms with Crippen molar-refractivity contribution in [3.05, 3.63) is 35.5 Å². The Morgan fingerprint density at radius 3 is 2.79 bits per heavy atom. The molecule has 0 aliphatic heterocycles. The zero-order chi connectivity index (χ0) is 17.1.